The minimum Gasteiger partial charge on any atom is -0.398 e. The molecule has 1 aromatic carbocycles. The smallest absolute Gasteiger partial charge is 0.161 e. The van der Waals surface area contributed by atoms with Gasteiger partial charge in [-0.2, -0.15) is 0 Å². The number of rotatable bonds is 3. The molecule has 2 rings (SSSR count). The van der Waals surface area contributed by atoms with Crippen molar-refractivity contribution in [3.63, 3.8) is 0 Å². The standard InChI is InChI=1S/C15H23N3O/c1-11(2)17-6-8-18(9-7-17)13-4-5-15(16)14(10-13)12(3)19/h4-5,10-11H,6-9,16H2,1-3H3. The molecule has 0 spiro atoms. The van der Waals surface area contributed by atoms with Crippen LogP contribution in [0.3, 0.4) is 0 Å². The first kappa shape index (κ1) is 13.9. The van der Waals surface area contributed by atoms with E-state index in [0.717, 1.165) is 31.9 Å². The zero-order valence-electron chi connectivity index (χ0n) is 12.0. The Morgan fingerprint density at radius 1 is 1.21 bits per heavy atom. The molecule has 0 bridgehead atoms. The van der Waals surface area contributed by atoms with E-state index in [-0.39, 0.29) is 5.78 Å². The molecule has 0 aromatic heterocycles. The molecule has 0 amide bonds. The summed E-state index contributed by atoms with van der Waals surface area (Å²) in [6.07, 6.45) is 0. The fourth-order valence-corrected chi connectivity index (χ4v) is 2.54. The van der Waals surface area contributed by atoms with Crippen LogP contribution in [0.5, 0.6) is 0 Å². The average Bonchev–Trinajstić information content (AvgIpc) is 2.39. The van der Waals surface area contributed by atoms with E-state index >= 15 is 0 Å². The molecule has 0 radical (unpaired) electrons. The summed E-state index contributed by atoms with van der Waals surface area (Å²) >= 11 is 0. The molecule has 19 heavy (non-hydrogen) atoms. The van der Waals surface area contributed by atoms with Crippen molar-refractivity contribution in [3.8, 4) is 0 Å². The molecular formula is C15H23N3O. The van der Waals surface area contributed by atoms with Gasteiger partial charge in [0.15, 0.2) is 5.78 Å². The molecular weight excluding hydrogens is 238 g/mol. The van der Waals surface area contributed by atoms with Crippen molar-refractivity contribution < 1.29 is 4.79 Å². The van der Waals surface area contributed by atoms with Gasteiger partial charge in [0.2, 0.25) is 0 Å². The lowest BCUT2D eigenvalue weighted by Crippen LogP contribution is -2.48. The zero-order valence-corrected chi connectivity index (χ0v) is 12.0. The Morgan fingerprint density at radius 2 is 1.84 bits per heavy atom. The summed E-state index contributed by atoms with van der Waals surface area (Å²) in [4.78, 5) is 16.3. The van der Waals surface area contributed by atoms with Gasteiger partial charge in [-0.15, -0.1) is 0 Å². The Hall–Kier alpha value is -1.55. The average molecular weight is 261 g/mol. The van der Waals surface area contributed by atoms with Crippen molar-refractivity contribution in [1.82, 2.24) is 4.90 Å². The summed E-state index contributed by atoms with van der Waals surface area (Å²) in [7, 11) is 0. The van der Waals surface area contributed by atoms with E-state index in [1.807, 2.05) is 18.2 Å². The molecule has 4 heteroatoms. The number of nitrogens with two attached hydrogens (primary N) is 1. The molecule has 4 nitrogen and oxygen atoms in total. The summed E-state index contributed by atoms with van der Waals surface area (Å²) in [5, 5.41) is 0. The minimum absolute atomic E-state index is 0.0279. The highest BCUT2D eigenvalue weighted by Gasteiger charge is 2.19. The number of hydrogen-bond acceptors (Lipinski definition) is 4. The fourth-order valence-electron chi connectivity index (χ4n) is 2.54. The number of benzene rings is 1. The molecule has 1 heterocycles. The molecule has 104 valence electrons. The molecule has 0 saturated carbocycles. The minimum atomic E-state index is 0.0279. The van der Waals surface area contributed by atoms with E-state index < -0.39 is 0 Å². The van der Waals surface area contributed by atoms with E-state index in [4.69, 9.17) is 5.73 Å². The van der Waals surface area contributed by atoms with Gasteiger partial charge >= 0.3 is 0 Å². The summed E-state index contributed by atoms with van der Waals surface area (Å²) < 4.78 is 0. The lowest BCUT2D eigenvalue weighted by atomic mass is 10.1. The molecule has 1 fully saturated rings. The van der Waals surface area contributed by atoms with Crippen LogP contribution in [0.4, 0.5) is 11.4 Å². The Labute approximate surface area is 115 Å². The van der Waals surface area contributed by atoms with Crippen molar-refractivity contribution in [2.75, 3.05) is 36.8 Å². The van der Waals surface area contributed by atoms with Crippen LogP contribution in [0.25, 0.3) is 0 Å². The van der Waals surface area contributed by atoms with Crippen molar-refractivity contribution in [3.05, 3.63) is 23.8 Å². The largest absolute Gasteiger partial charge is 0.398 e. The van der Waals surface area contributed by atoms with Gasteiger partial charge < -0.3 is 10.6 Å². The van der Waals surface area contributed by atoms with Gasteiger partial charge in [-0.05, 0) is 39.0 Å². The van der Waals surface area contributed by atoms with E-state index in [2.05, 4.69) is 23.6 Å². The number of hydrogen-bond donors (Lipinski definition) is 1. The van der Waals surface area contributed by atoms with Gasteiger partial charge in [-0.25, -0.2) is 0 Å². The second kappa shape index (κ2) is 5.61. The van der Waals surface area contributed by atoms with Crippen LogP contribution >= 0.6 is 0 Å². The van der Waals surface area contributed by atoms with Crippen molar-refractivity contribution >= 4 is 17.2 Å². The van der Waals surface area contributed by atoms with Crippen molar-refractivity contribution in [1.29, 1.82) is 0 Å². The number of carbonyl (C=O) groups is 1. The first-order valence-corrected chi connectivity index (χ1v) is 6.88. The van der Waals surface area contributed by atoms with Gasteiger partial charge in [0.25, 0.3) is 0 Å². The van der Waals surface area contributed by atoms with Crippen LogP contribution in [0.15, 0.2) is 18.2 Å². The first-order chi connectivity index (χ1) is 8.99. The second-order valence-electron chi connectivity index (χ2n) is 5.44. The maximum Gasteiger partial charge on any atom is 0.161 e. The normalized spacial score (nSPS) is 16.9. The molecule has 0 unspecified atom stereocenters. The van der Waals surface area contributed by atoms with Crippen LogP contribution in [0, 0.1) is 0 Å². The number of Topliss-reactive ketones (excluding diaryl/α,β-unsaturated/α-hetero) is 1. The van der Waals surface area contributed by atoms with Crippen molar-refractivity contribution in [2.24, 2.45) is 0 Å². The van der Waals surface area contributed by atoms with Gasteiger partial charge in [0, 0.05) is 49.2 Å². The van der Waals surface area contributed by atoms with Crippen LogP contribution < -0.4 is 10.6 Å². The summed E-state index contributed by atoms with van der Waals surface area (Å²) in [5.41, 5.74) is 8.13. The SMILES string of the molecule is CC(=O)c1cc(N2CCN(C(C)C)CC2)ccc1N. The monoisotopic (exact) mass is 261 g/mol. The number of anilines is 2. The highest BCUT2D eigenvalue weighted by Crippen LogP contribution is 2.23. The lowest BCUT2D eigenvalue weighted by molar-refractivity contribution is 0.101. The van der Waals surface area contributed by atoms with E-state index in [1.165, 1.54) is 0 Å². The quantitative estimate of drug-likeness (QED) is 0.668. The topological polar surface area (TPSA) is 49.6 Å². The summed E-state index contributed by atoms with van der Waals surface area (Å²) in [6.45, 7) is 10.2. The first-order valence-electron chi connectivity index (χ1n) is 6.88. The molecule has 0 atom stereocenters. The Bertz CT molecular complexity index is 462. The Kier molecular flexibility index (Phi) is 4.10. The maximum atomic E-state index is 11.5. The third-order valence-electron chi connectivity index (χ3n) is 3.83. The van der Waals surface area contributed by atoms with Crippen LogP contribution in [-0.4, -0.2) is 42.9 Å². The Morgan fingerprint density at radius 3 is 2.37 bits per heavy atom. The summed E-state index contributed by atoms with van der Waals surface area (Å²) in [6, 6.07) is 6.36. The number of nitrogens with zero attached hydrogens (tertiary/aromatic N) is 2. The third kappa shape index (κ3) is 3.07. The third-order valence-corrected chi connectivity index (χ3v) is 3.83. The number of carbonyl (C=O) groups excluding carboxylic acids is 1. The van der Waals surface area contributed by atoms with Crippen LogP contribution in [0.2, 0.25) is 0 Å². The summed E-state index contributed by atoms with van der Waals surface area (Å²) in [5.74, 6) is 0.0279. The van der Waals surface area contributed by atoms with E-state index in [9.17, 15) is 4.79 Å². The van der Waals surface area contributed by atoms with Gasteiger partial charge in [-0.3, -0.25) is 9.69 Å². The lowest BCUT2D eigenvalue weighted by Gasteiger charge is -2.38. The highest BCUT2D eigenvalue weighted by molar-refractivity contribution is 6.00. The molecule has 0 aliphatic carbocycles. The number of nitrogen functional groups attached to an aromatic ring is 1. The highest BCUT2D eigenvalue weighted by atomic mass is 16.1. The zero-order chi connectivity index (χ0) is 14.0. The van der Waals surface area contributed by atoms with E-state index in [1.54, 1.807) is 6.92 Å². The molecule has 1 saturated heterocycles. The molecule has 1 aliphatic rings. The molecule has 1 aliphatic heterocycles. The van der Waals surface area contributed by atoms with Gasteiger partial charge in [0.05, 0.1) is 0 Å². The molecule has 1 aromatic rings. The fraction of sp³-hybridized carbons (Fsp3) is 0.533. The van der Waals surface area contributed by atoms with Crippen LogP contribution in [0.1, 0.15) is 31.1 Å². The predicted molar refractivity (Wildman–Crippen MR) is 79.8 cm³/mol. The van der Waals surface area contributed by atoms with E-state index in [0.29, 0.717) is 17.3 Å². The van der Waals surface area contributed by atoms with Crippen molar-refractivity contribution in [2.45, 2.75) is 26.8 Å². The van der Waals surface area contributed by atoms with Crippen LogP contribution in [-0.2, 0) is 0 Å². The van der Waals surface area contributed by atoms with Gasteiger partial charge in [-0.1, -0.05) is 0 Å². The molecule has 2 N–H and O–H groups in total. The number of piperazine rings is 1. The predicted octanol–water partition coefficient (Wildman–Crippen LogP) is 2.00. The Balaban J connectivity index is 2.12. The van der Waals surface area contributed by atoms with Gasteiger partial charge in [0.1, 0.15) is 0 Å². The number of ketones is 1. The second-order valence-corrected chi connectivity index (χ2v) is 5.44. The maximum absolute atomic E-state index is 11.5.